The summed E-state index contributed by atoms with van der Waals surface area (Å²) in [5, 5.41) is 0. The minimum atomic E-state index is 0.700. The van der Waals surface area contributed by atoms with Crippen molar-refractivity contribution in [3.8, 4) is 0 Å². The topological polar surface area (TPSA) is 29.3 Å². The van der Waals surface area contributed by atoms with Crippen molar-refractivity contribution >= 4 is 5.69 Å². The Morgan fingerprint density at radius 2 is 2.06 bits per heavy atom. The van der Waals surface area contributed by atoms with Gasteiger partial charge in [-0.05, 0) is 68.8 Å². The number of hydrogen-bond acceptors (Lipinski definition) is 2. The fraction of sp³-hybridized carbons (Fsp3) is 0.600. The zero-order chi connectivity index (χ0) is 12.3. The molecule has 2 rings (SSSR count). The minimum Gasteiger partial charge on any atom is -0.372 e. The molecule has 1 aliphatic rings. The Balaban J connectivity index is 2.26. The van der Waals surface area contributed by atoms with Crippen molar-refractivity contribution in [1.29, 1.82) is 0 Å². The quantitative estimate of drug-likeness (QED) is 0.846. The highest BCUT2D eigenvalue weighted by Crippen LogP contribution is 2.37. The normalized spacial score (nSPS) is 18.2. The van der Waals surface area contributed by atoms with Crippen LogP contribution < -0.4 is 10.6 Å². The predicted octanol–water partition coefficient (Wildman–Crippen LogP) is 2.91. The highest BCUT2D eigenvalue weighted by molar-refractivity contribution is 5.53. The minimum absolute atomic E-state index is 0.700. The van der Waals surface area contributed by atoms with E-state index in [1.807, 2.05) is 0 Å². The highest BCUT2D eigenvalue weighted by atomic mass is 15.1. The van der Waals surface area contributed by atoms with Crippen LogP contribution in [-0.2, 0) is 6.42 Å². The summed E-state index contributed by atoms with van der Waals surface area (Å²) in [6.45, 7) is 7.40. The lowest BCUT2D eigenvalue weighted by Gasteiger charge is -2.22. The third kappa shape index (κ3) is 2.47. The van der Waals surface area contributed by atoms with Crippen molar-refractivity contribution in [2.75, 3.05) is 24.5 Å². The number of rotatable bonds is 5. The second kappa shape index (κ2) is 5.54. The van der Waals surface area contributed by atoms with E-state index in [1.165, 1.54) is 18.5 Å². The molecule has 0 saturated carbocycles. The van der Waals surface area contributed by atoms with Crippen LogP contribution in [0.2, 0.25) is 0 Å². The van der Waals surface area contributed by atoms with E-state index < -0.39 is 0 Å². The number of nitrogens with zero attached hydrogens (tertiary/aromatic N) is 1. The molecule has 0 aromatic heterocycles. The summed E-state index contributed by atoms with van der Waals surface area (Å²) in [7, 11) is 0. The molecule has 0 heterocycles. The van der Waals surface area contributed by atoms with E-state index in [1.54, 1.807) is 11.1 Å². The summed E-state index contributed by atoms with van der Waals surface area (Å²) in [6.07, 6.45) is 3.65. The van der Waals surface area contributed by atoms with E-state index in [2.05, 4.69) is 36.9 Å². The summed E-state index contributed by atoms with van der Waals surface area (Å²) in [5.74, 6) is 0.700. The van der Waals surface area contributed by atoms with Gasteiger partial charge >= 0.3 is 0 Å². The van der Waals surface area contributed by atoms with Crippen LogP contribution in [0, 0.1) is 0 Å². The summed E-state index contributed by atoms with van der Waals surface area (Å²) in [4.78, 5) is 2.41. The molecule has 1 aromatic rings. The van der Waals surface area contributed by atoms with Crippen molar-refractivity contribution in [3.63, 3.8) is 0 Å². The van der Waals surface area contributed by atoms with Gasteiger partial charge in [-0.1, -0.05) is 6.07 Å². The average Bonchev–Trinajstić information content (AvgIpc) is 2.74. The van der Waals surface area contributed by atoms with Gasteiger partial charge in [0.2, 0.25) is 0 Å². The van der Waals surface area contributed by atoms with Crippen molar-refractivity contribution in [3.05, 3.63) is 29.3 Å². The molecule has 1 aliphatic carbocycles. The van der Waals surface area contributed by atoms with Gasteiger partial charge in [-0.25, -0.2) is 0 Å². The van der Waals surface area contributed by atoms with Crippen LogP contribution in [0.5, 0.6) is 0 Å². The van der Waals surface area contributed by atoms with Crippen molar-refractivity contribution in [1.82, 2.24) is 0 Å². The lowest BCUT2D eigenvalue weighted by atomic mass is 9.97. The van der Waals surface area contributed by atoms with Crippen LogP contribution in [0.25, 0.3) is 0 Å². The molecule has 1 atom stereocenters. The molecule has 2 nitrogen and oxygen atoms in total. The zero-order valence-corrected chi connectivity index (χ0v) is 11.1. The molecule has 2 N–H and O–H groups in total. The zero-order valence-electron chi connectivity index (χ0n) is 11.1. The molecule has 94 valence electrons. The average molecular weight is 232 g/mol. The van der Waals surface area contributed by atoms with Gasteiger partial charge in [0.05, 0.1) is 0 Å². The first kappa shape index (κ1) is 12.4. The summed E-state index contributed by atoms with van der Waals surface area (Å²) < 4.78 is 0. The van der Waals surface area contributed by atoms with Gasteiger partial charge in [-0.15, -0.1) is 0 Å². The van der Waals surface area contributed by atoms with E-state index in [9.17, 15) is 0 Å². The van der Waals surface area contributed by atoms with Crippen LogP contribution in [-0.4, -0.2) is 19.6 Å². The molecule has 0 bridgehead atoms. The molecule has 1 aromatic carbocycles. The fourth-order valence-corrected chi connectivity index (χ4v) is 2.96. The van der Waals surface area contributed by atoms with E-state index in [0.717, 1.165) is 26.1 Å². The van der Waals surface area contributed by atoms with Gasteiger partial charge in [0.25, 0.3) is 0 Å². The molecule has 0 spiro atoms. The number of anilines is 1. The first-order chi connectivity index (χ1) is 8.30. The first-order valence-electron chi connectivity index (χ1n) is 6.88. The molecule has 1 unspecified atom stereocenters. The van der Waals surface area contributed by atoms with Crippen molar-refractivity contribution < 1.29 is 0 Å². The predicted molar refractivity (Wildman–Crippen MR) is 74.7 cm³/mol. The van der Waals surface area contributed by atoms with E-state index in [0.29, 0.717) is 5.92 Å². The third-order valence-corrected chi connectivity index (χ3v) is 3.98. The van der Waals surface area contributed by atoms with Gasteiger partial charge in [0.1, 0.15) is 0 Å². The van der Waals surface area contributed by atoms with Crippen LogP contribution in [0.4, 0.5) is 5.69 Å². The van der Waals surface area contributed by atoms with Crippen LogP contribution in [0.1, 0.15) is 43.7 Å². The van der Waals surface area contributed by atoms with Gasteiger partial charge in [0.15, 0.2) is 0 Å². The maximum atomic E-state index is 5.71. The number of benzene rings is 1. The standard InChI is InChI=1S/C15H24N2/c1-3-17(4-2)14-8-7-12-5-6-13(9-10-16)15(12)11-14/h7-8,11,13H,3-6,9-10,16H2,1-2H3. The molecule has 0 amide bonds. The number of aryl methyl sites for hydroxylation is 1. The van der Waals surface area contributed by atoms with E-state index >= 15 is 0 Å². The maximum absolute atomic E-state index is 5.71. The van der Waals surface area contributed by atoms with Gasteiger partial charge in [0, 0.05) is 18.8 Å². The van der Waals surface area contributed by atoms with E-state index in [4.69, 9.17) is 5.73 Å². The molecule has 17 heavy (non-hydrogen) atoms. The Bertz CT molecular complexity index is 367. The Morgan fingerprint density at radius 1 is 1.29 bits per heavy atom. The second-order valence-electron chi connectivity index (χ2n) is 4.87. The number of fused-ring (bicyclic) bond motifs is 1. The lowest BCUT2D eigenvalue weighted by molar-refractivity contribution is 0.627. The van der Waals surface area contributed by atoms with Gasteiger partial charge < -0.3 is 10.6 Å². The molecular weight excluding hydrogens is 208 g/mol. The van der Waals surface area contributed by atoms with Crippen LogP contribution in [0.15, 0.2) is 18.2 Å². The van der Waals surface area contributed by atoms with Crippen LogP contribution >= 0.6 is 0 Å². The number of hydrogen-bond donors (Lipinski definition) is 1. The Labute approximate surface area is 105 Å². The summed E-state index contributed by atoms with van der Waals surface area (Å²) in [5.41, 5.74) is 10.2. The largest absolute Gasteiger partial charge is 0.372 e. The maximum Gasteiger partial charge on any atom is 0.0369 e. The van der Waals surface area contributed by atoms with Crippen molar-refractivity contribution in [2.45, 2.75) is 39.0 Å². The number of nitrogens with two attached hydrogens (primary N) is 1. The second-order valence-corrected chi connectivity index (χ2v) is 4.87. The molecule has 0 aliphatic heterocycles. The highest BCUT2D eigenvalue weighted by Gasteiger charge is 2.22. The Morgan fingerprint density at radius 3 is 2.71 bits per heavy atom. The summed E-state index contributed by atoms with van der Waals surface area (Å²) in [6, 6.07) is 6.99. The molecular formula is C15H24N2. The Kier molecular flexibility index (Phi) is 4.06. The monoisotopic (exact) mass is 232 g/mol. The fourth-order valence-electron chi connectivity index (χ4n) is 2.96. The Hall–Kier alpha value is -1.02. The van der Waals surface area contributed by atoms with Crippen LogP contribution in [0.3, 0.4) is 0 Å². The van der Waals surface area contributed by atoms with Crippen molar-refractivity contribution in [2.24, 2.45) is 5.73 Å². The molecule has 0 radical (unpaired) electrons. The molecule has 0 saturated heterocycles. The third-order valence-electron chi connectivity index (χ3n) is 3.98. The molecule has 2 heteroatoms. The SMILES string of the molecule is CCN(CC)c1ccc2c(c1)C(CCN)CC2. The van der Waals surface area contributed by atoms with Gasteiger partial charge in [-0.3, -0.25) is 0 Å². The molecule has 0 fully saturated rings. The lowest BCUT2D eigenvalue weighted by Crippen LogP contribution is -2.21. The summed E-state index contributed by atoms with van der Waals surface area (Å²) >= 11 is 0. The first-order valence-corrected chi connectivity index (χ1v) is 6.88. The smallest absolute Gasteiger partial charge is 0.0369 e. The van der Waals surface area contributed by atoms with Gasteiger partial charge in [-0.2, -0.15) is 0 Å². The van der Waals surface area contributed by atoms with E-state index in [-0.39, 0.29) is 0 Å².